The first-order valence-electron chi connectivity index (χ1n) is 10.9. The third-order valence-electron chi connectivity index (χ3n) is 6.70. The number of benzene rings is 1. The van der Waals surface area contributed by atoms with E-state index in [0.717, 1.165) is 36.1 Å². The van der Waals surface area contributed by atoms with Gasteiger partial charge in [0, 0.05) is 17.3 Å². The molecule has 2 aliphatic rings. The van der Waals surface area contributed by atoms with Crippen LogP contribution in [0, 0.1) is 10.7 Å². The first-order valence-corrected chi connectivity index (χ1v) is 12.5. The minimum atomic E-state index is -3.72. The fraction of sp³-hybridized carbons (Fsp3) is 0.522. The van der Waals surface area contributed by atoms with Crippen molar-refractivity contribution in [2.45, 2.75) is 75.9 Å². The summed E-state index contributed by atoms with van der Waals surface area (Å²) in [6.07, 6.45) is 7.85. The Labute approximate surface area is 183 Å². The Balaban J connectivity index is 1.57. The number of hydrogen-bond donors (Lipinski definition) is 4. The summed E-state index contributed by atoms with van der Waals surface area (Å²) in [5.74, 6) is 0.946. The third kappa shape index (κ3) is 4.36. The van der Waals surface area contributed by atoms with Gasteiger partial charge in [-0.2, -0.15) is 0 Å². The van der Waals surface area contributed by atoms with Gasteiger partial charge in [-0.05, 0) is 74.5 Å². The highest BCUT2D eigenvalue weighted by molar-refractivity contribution is 7.91. The summed E-state index contributed by atoms with van der Waals surface area (Å²) in [6, 6.07) is 4.94. The quantitative estimate of drug-likeness (QED) is 0.498. The summed E-state index contributed by atoms with van der Waals surface area (Å²) in [4.78, 5) is 12.8. The van der Waals surface area contributed by atoms with E-state index >= 15 is 0 Å². The molecule has 1 aromatic heterocycles. The van der Waals surface area contributed by atoms with Crippen molar-refractivity contribution in [1.82, 2.24) is 4.72 Å². The van der Waals surface area contributed by atoms with Crippen LogP contribution in [0.15, 0.2) is 34.0 Å². The molecular formula is C23H31N3O4S. The highest BCUT2D eigenvalue weighted by Crippen LogP contribution is 2.44. The van der Waals surface area contributed by atoms with Gasteiger partial charge >= 0.3 is 6.03 Å². The molecule has 1 fully saturated rings. The van der Waals surface area contributed by atoms with Crippen LogP contribution in [0.5, 0.6) is 0 Å². The van der Waals surface area contributed by atoms with E-state index < -0.39 is 21.5 Å². The summed E-state index contributed by atoms with van der Waals surface area (Å²) in [5.41, 5.74) is 3.50. The predicted octanol–water partition coefficient (Wildman–Crippen LogP) is 5.04. The molecule has 2 atom stereocenters. The molecule has 1 saturated carbocycles. The predicted molar refractivity (Wildman–Crippen MR) is 119 cm³/mol. The Morgan fingerprint density at radius 3 is 2.65 bits per heavy atom. The third-order valence-corrected chi connectivity index (χ3v) is 7.96. The lowest BCUT2D eigenvalue weighted by Gasteiger charge is -2.33. The highest BCUT2D eigenvalue weighted by Gasteiger charge is 2.30. The Morgan fingerprint density at radius 1 is 1.29 bits per heavy atom. The number of aryl methyl sites for hydroxylation is 1. The molecule has 8 heteroatoms. The fourth-order valence-electron chi connectivity index (χ4n) is 4.51. The van der Waals surface area contributed by atoms with Crippen molar-refractivity contribution in [3.8, 4) is 0 Å². The summed E-state index contributed by atoms with van der Waals surface area (Å²) in [6.45, 7) is 5.33. The zero-order valence-corrected chi connectivity index (χ0v) is 19.1. The van der Waals surface area contributed by atoms with Crippen LogP contribution in [-0.4, -0.2) is 15.3 Å². The molecule has 2 aromatic rings. The molecule has 31 heavy (non-hydrogen) atoms. The maximum absolute atomic E-state index is 12.9. The number of nitrogens with one attached hydrogen (secondary N) is 3. The topological polar surface area (TPSA) is 115 Å². The first-order chi connectivity index (χ1) is 14.6. The van der Waals surface area contributed by atoms with E-state index in [1.54, 1.807) is 13.8 Å². The van der Waals surface area contributed by atoms with Gasteiger partial charge in [0.2, 0.25) is 5.09 Å². The van der Waals surface area contributed by atoms with Gasteiger partial charge in [0.05, 0.1) is 11.9 Å². The van der Waals surface area contributed by atoms with Gasteiger partial charge in [-0.3, -0.25) is 0 Å². The van der Waals surface area contributed by atoms with Crippen LogP contribution in [0.4, 0.5) is 10.5 Å². The van der Waals surface area contributed by atoms with Crippen molar-refractivity contribution < 1.29 is 18.5 Å². The van der Waals surface area contributed by atoms with Gasteiger partial charge in [0.15, 0.2) is 9.92 Å². The Bertz CT molecular complexity index is 1090. The summed E-state index contributed by atoms with van der Waals surface area (Å²) >= 11 is 0. The highest BCUT2D eigenvalue weighted by atomic mass is 32.2. The summed E-state index contributed by atoms with van der Waals surface area (Å²) < 4.78 is 28.5. The van der Waals surface area contributed by atoms with Crippen molar-refractivity contribution in [3.63, 3.8) is 0 Å². The maximum Gasteiger partial charge on any atom is 0.332 e. The molecule has 2 aliphatic carbocycles. The maximum atomic E-state index is 12.9. The van der Waals surface area contributed by atoms with Gasteiger partial charge < -0.3 is 14.8 Å². The average molecular weight is 446 g/mol. The SMILES string of the molecule is C[C@@H](c1ccc2c(c1NC(=O)NS(=N)(=O)c1cc(C(C)(C)O)co1)CCC2)C1CCC1. The van der Waals surface area contributed by atoms with Gasteiger partial charge in [-0.25, -0.2) is 18.5 Å². The van der Waals surface area contributed by atoms with Gasteiger partial charge in [-0.1, -0.05) is 25.5 Å². The van der Waals surface area contributed by atoms with Crippen molar-refractivity contribution >= 4 is 21.6 Å². The van der Waals surface area contributed by atoms with E-state index in [4.69, 9.17) is 9.20 Å². The number of anilines is 1. The lowest BCUT2D eigenvalue weighted by molar-refractivity contribution is 0.0779. The molecule has 0 aliphatic heterocycles. The Morgan fingerprint density at radius 2 is 2.03 bits per heavy atom. The molecule has 4 N–H and O–H groups in total. The smallest absolute Gasteiger partial charge is 0.332 e. The zero-order chi connectivity index (χ0) is 22.4. The minimum absolute atomic E-state index is 0.193. The van der Waals surface area contributed by atoms with Gasteiger partial charge in [-0.15, -0.1) is 0 Å². The number of carbonyl (C=O) groups excluding carboxylic acids is 1. The van der Waals surface area contributed by atoms with Crippen molar-refractivity contribution in [2.75, 3.05) is 5.32 Å². The fourth-order valence-corrected chi connectivity index (χ4v) is 5.40. The second-order valence-electron chi connectivity index (χ2n) is 9.33. The molecule has 168 valence electrons. The molecule has 0 bridgehead atoms. The summed E-state index contributed by atoms with van der Waals surface area (Å²) in [7, 11) is -3.72. The number of aliphatic hydroxyl groups is 1. The first kappa shape index (κ1) is 21.9. The molecule has 0 spiro atoms. The lowest BCUT2D eigenvalue weighted by Crippen LogP contribution is -2.34. The van der Waals surface area contributed by atoms with Crippen LogP contribution in [-0.2, 0) is 28.4 Å². The second-order valence-corrected chi connectivity index (χ2v) is 11.0. The number of hydrogen-bond acceptors (Lipinski definition) is 5. The van der Waals surface area contributed by atoms with Crippen LogP contribution in [0.25, 0.3) is 0 Å². The van der Waals surface area contributed by atoms with E-state index in [-0.39, 0.29) is 5.09 Å². The van der Waals surface area contributed by atoms with E-state index in [9.17, 15) is 14.1 Å². The number of rotatable bonds is 6. The second kappa shape index (κ2) is 7.98. The molecule has 0 saturated heterocycles. The van der Waals surface area contributed by atoms with Crippen molar-refractivity contribution in [1.29, 1.82) is 4.78 Å². The van der Waals surface area contributed by atoms with E-state index in [1.807, 2.05) is 0 Å². The number of furan rings is 1. The largest absolute Gasteiger partial charge is 0.452 e. The zero-order valence-electron chi connectivity index (χ0n) is 18.3. The molecule has 1 unspecified atom stereocenters. The molecule has 4 rings (SSSR count). The van der Waals surface area contributed by atoms with E-state index in [1.165, 1.54) is 37.2 Å². The number of urea groups is 1. The number of fused-ring (bicyclic) bond motifs is 1. The molecule has 7 nitrogen and oxygen atoms in total. The lowest BCUT2D eigenvalue weighted by atomic mass is 9.73. The molecular weight excluding hydrogens is 414 g/mol. The van der Waals surface area contributed by atoms with Crippen LogP contribution in [0.1, 0.15) is 74.6 Å². The summed E-state index contributed by atoms with van der Waals surface area (Å²) in [5, 5.41) is 12.8. The van der Waals surface area contributed by atoms with E-state index in [2.05, 4.69) is 29.1 Å². The monoisotopic (exact) mass is 445 g/mol. The van der Waals surface area contributed by atoms with Crippen molar-refractivity contribution in [3.05, 3.63) is 46.7 Å². The molecule has 1 aromatic carbocycles. The molecule has 2 amide bonds. The van der Waals surface area contributed by atoms with Crippen LogP contribution in [0.2, 0.25) is 0 Å². The van der Waals surface area contributed by atoms with Crippen molar-refractivity contribution in [2.24, 2.45) is 5.92 Å². The number of carbonyl (C=O) groups is 1. The Hall–Kier alpha value is -2.32. The van der Waals surface area contributed by atoms with E-state index in [0.29, 0.717) is 17.4 Å². The van der Waals surface area contributed by atoms with Gasteiger partial charge in [0.1, 0.15) is 0 Å². The minimum Gasteiger partial charge on any atom is -0.452 e. The normalized spacial score (nSPS) is 19.2. The van der Waals surface area contributed by atoms with Crippen LogP contribution in [0.3, 0.4) is 0 Å². The standard InChI is InChI=1S/C23H31N3O4S/c1-14(15-6-4-7-15)18-11-10-16-8-5-9-19(16)21(18)25-22(27)26-31(24,29)20-12-17(13-30-20)23(2,3)28/h10-15,28H,4-9H2,1-3H3,(H3,24,25,26,27,29)/t14-,31?/m1/s1. The van der Waals surface area contributed by atoms with Crippen LogP contribution < -0.4 is 10.0 Å². The molecule has 1 heterocycles. The van der Waals surface area contributed by atoms with Crippen LogP contribution >= 0.6 is 0 Å². The molecule has 0 radical (unpaired) electrons. The number of amides is 2. The average Bonchev–Trinajstić information content (AvgIpc) is 3.29. The van der Waals surface area contributed by atoms with Gasteiger partial charge in [0.25, 0.3) is 0 Å². The Kier molecular flexibility index (Phi) is 5.64.